The number of hydrogen-bond acceptors (Lipinski definition) is 6. The molecule has 0 saturated carbocycles. The van der Waals surface area contributed by atoms with Crippen molar-refractivity contribution in [3.05, 3.63) is 47.3 Å². The molecule has 1 fully saturated rings. The van der Waals surface area contributed by atoms with Gasteiger partial charge in [0.25, 0.3) is 0 Å². The van der Waals surface area contributed by atoms with Gasteiger partial charge in [0, 0.05) is 32.4 Å². The van der Waals surface area contributed by atoms with Crippen LogP contribution in [0.4, 0.5) is 4.79 Å². The highest BCUT2D eigenvalue weighted by atomic mass is 16.5. The minimum atomic E-state index is -1.08. The summed E-state index contributed by atoms with van der Waals surface area (Å²) in [5, 5.41) is 12.3. The first kappa shape index (κ1) is 30.5. The molecule has 9 heteroatoms. The number of likely N-dealkylation sites (tertiary alicyclic amines) is 1. The van der Waals surface area contributed by atoms with Crippen LogP contribution in [-0.4, -0.2) is 73.5 Å². The van der Waals surface area contributed by atoms with E-state index in [4.69, 9.17) is 14.2 Å². The lowest BCUT2D eigenvalue weighted by molar-refractivity contribution is -0.150. The van der Waals surface area contributed by atoms with Crippen molar-refractivity contribution in [3.8, 4) is 0 Å². The summed E-state index contributed by atoms with van der Waals surface area (Å²) >= 11 is 0. The molecule has 39 heavy (non-hydrogen) atoms. The van der Waals surface area contributed by atoms with Gasteiger partial charge in [0.15, 0.2) is 0 Å². The normalized spacial score (nSPS) is 23.3. The molecular formula is C30H44N2O7. The highest BCUT2D eigenvalue weighted by molar-refractivity contribution is 5.90. The molecule has 3 aliphatic rings. The number of nitrogens with one attached hydrogen (secondary N) is 1. The summed E-state index contributed by atoms with van der Waals surface area (Å²) in [6, 6.07) is -1.91. The molecule has 0 bridgehead atoms. The van der Waals surface area contributed by atoms with Crippen molar-refractivity contribution in [2.45, 2.75) is 83.9 Å². The maximum absolute atomic E-state index is 13.3. The fourth-order valence-corrected chi connectivity index (χ4v) is 5.34. The number of carboxylic acids is 1. The molecule has 4 atom stereocenters. The van der Waals surface area contributed by atoms with Gasteiger partial charge in [-0.3, -0.25) is 4.79 Å². The predicted octanol–water partition coefficient (Wildman–Crippen LogP) is 4.75. The van der Waals surface area contributed by atoms with Crippen LogP contribution in [-0.2, 0) is 23.8 Å². The lowest BCUT2D eigenvalue weighted by Gasteiger charge is -2.34. The van der Waals surface area contributed by atoms with E-state index < -0.39 is 35.5 Å². The summed E-state index contributed by atoms with van der Waals surface area (Å²) in [6.07, 6.45) is 15.5. The van der Waals surface area contributed by atoms with Crippen LogP contribution in [0.3, 0.4) is 0 Å². The van der Waals surface area contributed by atoms with Crippen LogP contribution in [0.2, 0.25) is 0 Å². The summed E-state index contributed by atoms with van der Waals surface area (Å²) < 4.78 is 16.3. The molecule has 1 aliphatic heterocycles. The van der Waals surface area contributed by atoms with Gasteiger partial charge in [-0.1, -0.05) is 64.0 Å². The van der Waals surface area contributed by atoms with Crippen molar-refractivity contribution in [1.82, 2.24) is 10.2 Å². The Bertz CT molecular complexity index is 1020. The number of methoxy groups -OCH3 is 2. The zero-order valence-corrected chi connectivity index (χ0v) is 23.9. The number of rotatable bonds is 12. The van der Waals surface area contributed by atoms with Gasteiger partial charge in [0.1, 0.15) is 12.1 Å². The second kappa shape index (κ2) is 13.8. The predicted molar refractivity (Wildman–Crippen MR) is 148 cm³/mol. The lowest BCUT2D eigenvalue weighted by Crippen LogP contribution is -2.56. The molecule has 9 nitrogen and oxygen atoms in total. The van der Waals surface area contributed by atoms with Gasteiger partial charge in [-0.2, -0.15) is 0 Å². The van der Waals surface area contributed by atoms with Gasteiger partial charge in [-0.05, 0) is 35.8 Å². The summed E-state index contributed by atoms with van der Waals surface area (Å²) in [5.74, 6) is -0.0607. The minimum absolute atomic E-state index is 0.170. The van der Waals surface area contributed by atoms with Gasteiger partial charge in [0.2, 0.25) is 5.91 Å². The molecule has 1 saturated heterocycles. The Kier molecular flexibility index (Phi) is 10.8. The number of unbranched alkanes of at least 4 members (excludes halogenated alkanes) is 3. The van der Waals surface area contributed by atoms with E-state index >= 15 is 0 Å². The third-order valence-corrected chi connectivity index (χ3v) is 7.64. The molecule has 1 heterocycles. The second-order valence-electron chi connectivity index (χ2n) is 11.5. The molecule has 2 aliphatic carbocycles. The molecule has 0 spiro atoms. The topological polar surface area (TPSA) is 114 Å². The van der Waals surface area contributed by atoms with E-state index in [1.165, 1.54) is 23.2 Å². The fourth-order valence-electron chi connectivity index (χ4n) is 5.34. The van der Waals surface area contributed by atoms with E-state index in [0.29, 0.717) is 5.92 Å². The highest BCUT2D eigenvalue weighted by Gasteiger charge is 2.45. The molecule has 4 unspecified atom stereocenters. The van der Waals surface area contributed by atoms with E-state index in [1.54, 1.807) is 7.11 Å². The SMILES string of the molecule is COC1=C(CCCCCCOC(=O)NC(C(=O)N2CC(OC)CC2C(=O)O)C(C)(C)C)C=C2C=CC=CC2C1. The number of carboxylic acid groups (broad SMARTS) is 1. The van der Waals surface area contributed by atoms with E-state index in [1.807, 2.05) is 20.8 Å². The van der Waals surface area contributed by atoms with E-state index in [0.717, 1.165) is 44.3 Å². The maximum Gasteiger partial charge on any atom is 0.407 e. The van der Waals surface area contributed by atoms with Crippen LogP contribution in [0, 0.1) is 11.3 Å². The van der Waals surface area contributed by atoms with E-state index in [2.05, 4.69) is 35.7 Å². The third-order valence-electron chi connectivity index (χ3n) is 7.64. The molecular weight excluding hydrogens is 500 g/mol. The third kappa shape index (κ3) is 8.21. The van der Waals surface area contributed by atoms with Gasteiger partial charge < -0.3 is 29.5 Å². The van der Waals surface area contributed by atoms with Gasteiger partial charge in [-0.15, -0.1) is 0 Å². The Morgan fingerprint density at radius 3 is 2.54 bits per heavy atom. The summed E-state index contributed by atoms with van der Waals surface area (Å²) in [7, 11) is 3.24. The first-order chi connectivity index (χ1) is 18.5. The average molecular weight is 545 g/mol. The second-order valence-corrected chi connectivity index (χ2v) is 11.5. The van der Waals surface area contributed by atoms with Crippen LogP contribution in [0.15, 0.2) is 47.3 Å². The number of fused-ring (bicyclic) bond motifs is 1. The van der Waals surface area contributed by atoms with Crippen LogP contribution < -0.4 is 5.32 Å². The molecule has 2 amide bonds. The fraction of sp³-hybridized carbons (Fsp3) is 0.633. The summed E-state index contributed by atoms with van der Waals surface area (Å²) in [4.78, 5) is 38.9. The number of aliphatic carboxylic acids is 1. The lowest BCUT2D eigenvalue weighted by atomic mass is 9.83. The zero-order valence-electron chi connectivity index (χ0n) is 23.9. The number of carbonyl (C=O) groups excluding carboxylic acids is 2. The molecule has 3 rings (SSSR count). The van der Waals surface area contributed by atoms with Crippen LogP contribution in [0.1, 0.15) is 65.7 Å². The van der Waals surface area contributed by atoms with Crippen molar-refractivity contribution < 1.29 is 33.7 Å². The number of nitrogens with zero attached hydrogens (tertiary/aromatic N) is 1. The largest absolute Gasteiger partial charge is 0.501 e. The monoisotopic (exact) mass is 544 g/mol. The standard InChI is InChI=1S/C30H44N2O7/c1-30(2,3)26(27(33)32-19-23(37-4)18-24(32)28(34)35)31-29(36)39-15-11-7-6-8-14-22-16-20-12-9-10-13-21(20)17-25(22)38-5/h9-10,12-13,16,21,23-24,26H,6-8,11,14-15,17-19H2,1-5H3,(H,31,36)(H,34,35). The number of hydrogen-bond donors (Lipinski definition) is 2. The van der Waals surface area contributed by atoms with Crippen molar-refractivity contribution in [3.63, 3.8) is 0 Å². The molecule has 0 aromatic rings. The number of amides is 2. The Morgan fingerprint density at radius 1 is 1.13 bits per heavy atom. The van der Waals surface area contributed by atoms with Crippen molar-refractivity contribution >= 4 is 18.0 Å². The quantitative estimate of drug-likeness (QED) is 0.341. The van der Waals surface area contributed by atoms with Gasteiger partial charge in [-0.25, -0.2) is 9.59 Å². The first-order valence-electron chi connectivity index (χ1n) is 13.9. The highest BCUT2D eigenvalue weighted by Crippen LogP contribution is 2.35. The average Bonchev–Trinajstić information content (AvgIpc) is 3.35. The van der Waals surface area contributed by atoms with Crippen LogP contribution in [0.5, 0.6) is 0 Å². The van der Waals surface area contributed by atoms with Crippen LogP contribution in [0.25, 0.3) is 0 Å². The summed E-state index contributed by atoms with van der Waals surface area (Å²) in [6.45, 7) is 5.89. The van der Waals surface area contributed by atoms with Gasteiger partial charge in [0.05, 0.1) is 25.6 Å². The Labute approximate surface area is 231 Å². The molecule has 216 valence electrons. The van der Waals surface area contributed by atoms with Crippen molar-refractivity contribution in [2.24, 2.45) is 11.3 Å². The first-order valence-corrected chi connectivity index (χ1v) is 13.9. The minimum Gasteiger partial charge on any atom is -0.501 e. The zero-order chi connectivity index (χ0) is 28.6. The van der Waals surface area contributed by atoms with E-state index in [9.17, 15) is 19.5 Å². The summed E-state index contributed by atoms with van der Waals surface area (Å²) in [5.41, 5.74) is 1.96. The molecule has 2 N–H and O–H groups in total. The number of alkyl carbamates (subject to hydrolysis) is 1. The van der Waals surface area contributed by atoms with Crippen LogP contribution >= 0.6 is 0 Å². The molecule has 0 aromatic heterocycles. The molecule has 0 aromatic carbocycles. The number of carbonyl (C=O) groups is 3. The van der Waals surface area contributed by atoms with E-state index in [-0.39, 0.29) is 25.7 Å². The van der Waals surface area contributed by atoms with Gasteiger partial charge >= 0.3 is 12.1 Å². The van der Waals surface area contributed by atoms with Crippen molar-refractivity contribution in [1.29, 1.82) is 0 Å². The van der Waals surface area contributed by atoms with Crippen molar-refractivity contribution in [2.75, 3.05) is 27.4 Å². The molecule has 0 radical (unpaired) electrons. The maximum atomic E-state index is 13.3. The smallest absolute Gasteiger partial charge is 0.407 e. The Hall–Kier alpha value is -3.07. The number of allylic oxidation sites excluding steroid dienone is 8. The Morgan fingerprint density at radius 2 is 1.87 bits per heavy atom. The number of ether oxygens (including phenoxy) is 3. The Balaban J connectivity index is 1.41.